The van der Waals surface area contributed by atoms with Crippen LogP contribution in [0.5, 0.6) is 5.75 Å². The van der Waals surface area contributed by atoms with Gasteiger partial charge in [0.05, 0.1) is 7.11 Å². The molecule has 1 aromatic heterocycles. The molecule has 2 heterocycles. The molecule has 1 amide bonds. The summed E-state index contributed by atoms with van der Waals surface area (Å²) in [5.74, 6) is -0.159. The van der Waals surface area contributed by atoms with Gasteiger partial charge >= 0.3 is 5.97 Å². The summed E-state index contributed by atoms with van der Waals surface area (Å²) >= 11 is 0. The Kier molecular flexibility index (Phi) is 4.06. The van der Waals surface area contributed by atoms with E-state index in [4.69, 9.17) is 0 Å². The largest absolute Gasteiger partial charge is 0.508 e. The number of rotatable bonds is 4. The Morgan fingerprint density at radius 2 is 2.09 bits per heavy atom. The van der Waals surface area contributed by atoms with Crippen molar-refractivity contribution < 1.29 is 19.4 Å². The molecule has 0 aliphatic carbocycles. The van der Waals surface area contributed by atoms with Crippen molar-refractivity contribution in [3.63, 3.8) is 0 Å². The first-order chi connectivity index (χ1) is 11.1. The molecule has 0 spiro atoms. The third-order valence-corrected chi connectivity index (χ3v) is 4.07. The second kappa shape index (κ2) is 6.16. The lowest BCUT2D eigenvalue weighted by molar-refractivity contribution is -0.131. The number of amides is 1. The van der Waals surface area contributed by atoms with E-state index < -0.39 is 5.97 Å². The number of benzene rings is 1. The molecule has 1 aliphatic rings. The van der Waals surface area contributed by atoms with Crippen LogP contribution in [0.1, 0.15) is 33.7 Å². The molecule has 3 rings (SSSR count). The molecule has 1 aliphatic heterocycles. The number of carbonyl (C=O) groups is 2. The molecule has 0 unspecified atom stereocenters. The number of nitrogens with zero attached hydrogens (tertiary/aromatic N) is 1. The van der Waals surface area contributed by atoms with E-state index in [9.17, 15) is 14.7 Å². The molecule has 0 bridgehead atoms. The fourth-order valence-electron chi connectivity index (χ4n) is 2.80. The number of fused-ring (bicyclic) bond motifs is 1. The van der Waals surface area contributed by atoms with Crippen LogP contribution in [0.25, 0.3) is 0 Å². The summed E-state index contributed by atoms with van der Waals surface area (Å²) in [4.78, 5) is 28.4. The molecule has 0 saturated carbocycles. The van der Waals surface area contributed by atoms with Crippen LogP contribution in [0.15, 0.2) is 30.3 Å². The van der Waals surface area contributed by atoms with Crippen molar-refractivity contribution >= 4 is 11.9 Å². The zero-order chi connectivity index (χ0) is 16.4. The molecule has 0 radical (unpaired) electrons. The van der Waals surface area contributed by atoms with Gasteiger partial charge in [-0.1, -0.05) is 12.1 Å². The van der Waals surface area contributed by atoms with Gasteiger partial charge in [-0.2, -0.15) is 0 Å². The summed E-state index contributed by atoms with van der Waals surface area (Å²) in [5.41, 5.74) is 3.02. The SMILES string of the molecule is COC(=O)c1ccc(CCC(=O)N2Cc3cccc(O)c3C2)[nH]1. The zero-order valence-corrected chi connectivity index (χ0v) is 12.8. The lowest BCUT2D eigenvalue weighted by atomic mass is 10.1. The van der Waals surface area contributed by atoms with E-state index in [0.29, 0.717) is 31.6 Å². The molecule has 2 aromatic rings. The highest BCUT2D eigenvalue weighted by molar-refractivity contribution is 5.87. The van der Waals surface area contributed by atoms with Crippen LogP contribution in [0, 0.1) is 0 Å². The number of hydrogen-bond acceptors (Lipinski definition) is 4. The Labute approximate surface area is 133 Å². The molecule has 2 N–H and O–H groups in total. The maximum absolute atomic E-state index is 12.3. The van der Waals surface area contributed by atoms with Crippen LogP contribution in [0.2, 0.25) is 0 Å². The van der Waals surface area contributed by atoms with Crippen LogP contribution in [0.3, 0.4) is 0 Å². The summed E-state index contributed by atoms with van der Waals surface area (Å²) in [5, 5.41) is 9.83. The van der Waals surface area contributed by atoms with Gasteiger partial charge in [-0.3, -0.25) is 4.79 Å². The number of H-pyrrole nitrogens is 1. The van der Waals surface area contributed by atoms with Crippen LogP contribution < -0.4 is 0 Å². The van der Waals surface area contributed by atoms with Gasteiger partial charge in [0, 0.05) is 30.8 Å². The standard InChI is InChI=1S/C17H18N2O4/c1-23-17(22)14-7-5-12(18-14)6-8-16(21)19-9-11-3-2-4-15(20)13(11)10-19/h2-5,7,18,20H,6,8-10H2,1H3. The molecular formula is C17H18N2O4. The first-order valence-corrected chi connectivity index (χ1v) is 7.42. The number of carbonyl (C=O) groups excluding carboxylic acids is 2. The highest BCUT2D eigenvalue weighted by atomic mass is 16.5. The summed E-state index contributed by atoms with van der Waals surface area (Å²) < 4.78 is 4.63. The number of aryl methyl sites for hydroxylation is 1. The number of aromatic hydroxyl groups is 1. The second-order valence-electron chi connectivity index (χ2n) is 5.55. The van der Waals surface area contributed by atoms with E-state index in [2.05, 4.69) is 9.72 Å². The van der Waals surface area contributed by atoms with E-state index >= 15 is 0 Å². The lowest BCUT2D eigenvalue weighted by Crippen LogP contribution is -2.25. The number of hydrogen-bond donors (Lipinski definition) is 2. The smallest absolute Gasteiger partial charge is 0.354 e. The Balaban J connectivity index is 1.58. The molecule has 0 fully saturated rings. The van der Waals surface area contributed by atoms with Crippen LogP contribution in [-0.2, 0) is 29.0 Å². The number of methoxy groups -OCH3 is 1. The van der Waals surface area contributed by atoms with Crippen molar-refractivity contribution in [3.8, 4) is 5.75 Å². The summed E-state index contributed by atoms with van der Waals surface area (Å²) in [6.45, 7) is 0.972. The minimum Gasteiger partial charge on any atom is -0.508 e. The first-order valence-electron chi connectivity index (χ1n) is 7.42. The molecule has 120 valence electrons. The summed E-state index contributed by atoms with van der Waals surface area (Å²) in [7, 11) is 1.33. The van der Waals surface area contributed by atoms with E-state index in [1.807, 2.05) is 6.07 Å². The predicted molar refractivity (Wildman–Crippen MR) is 82.8 cm³/mol. The van der Waals surface area contributed by atoms with Crippen LogP contribution in [-0.4, -0.2) is 34.0 Å². The highest BCUT2D eigenvalue weighted by Crippen LogP contribution is 2.30. The normalized spacial score (nSPS) is 13.0. The Bertz CT molecular complexity index is 751. The summed E-state index contributed by atoms with van der Waals surface area (Å²) in [6.07, 6.45) is 0.866. The van der Waals surface area contributed by atoms with Crippen LogP contribution in [0.4, 0.5) is 0 Å². The van der Waals surface area contributed by atoms with Crippen molar-refractivity contribution in [1.82, 2.24) is 9.88 Å². The molecular weight excluding hydrogens is 296 g/mol. The number of phenolic OH excluding ortho intramolecular Hbond substituents is 1. The zero-order valence-electron chi connectivity index (χ0n) is 12.8. The monoisotopic (exact) mass is 314 g/mol. The highest BCUT2D eigenvalue weighted by Gasteiger charge is 2.25. The van der Waals surface area contributed by atoms with Gasteiger partial charge in [-0.15, -0.1) is 0 Å². The topological polar surface area (TPSA) is 82.6 Å². The van der Waals surface area contributed by atoms with Gasteiger partial charge in [0.15, 0.2) is 0 Å². The van der Waals surface area contributed by atoms with Gasteiger partial charge in [0.2, 0.25) is 5.91 Å². The van der Waals surface area contributed by atoms with Crippen molar-refractivity contribution in [2.24, 2.45) is 0 Å². The van der Waals surface area contributed by atoms with E-state index in [1.165, 1.54) is 7.11 Å². The molecule has 23 heavy (non-hydrogen) atoms. The Morgan fingerprint density at radius 3 is 2.83 bits per heavy atom. The fourth-order valence-corrected chi connectivity index (χ4v) is 2.80. The lowest BCUT2D eigenvalue weighted by Gasteiger charge is -2.15. The number of nitrogens with one attached hydrogen (secondary N) is 1. The second-order valence-corrected chi connectivity index (χ2v) is 5.55. The van der Waals surface area contributed by atoms with Crippen molar-refractivity contribution in [3.05, 3.63) is 52.8 Å². The molecule has 6 heteroatoms. The maximum Gasteiger partial charge on any atom is 0.354 e. The van der Waals surface area contributed by atoms with Gasteiger partial charge in [-0.05, 0) is 30.2 Å². The van der Waals surface area contributed by atoms with Crippen molar-refractivity contribution in [2.75, 3.05) is 7.11 Å². The quantitative estimate of drug-likeness (QED) is 0.845. The average molecular weight is 314 g/mol. The van der Waals surface area contributed by atoms with Crippen LogP contribution >= 0.6 is 0 Å². The number of aromatic amines is 1. The minimum absolute atomic E-state index is 0.0230. The Hall–Kier alpha value is -2.76. The first kappa shape index (κ1) is 15.1. The van der Waals surface area contributed by atoms with Crippen molar-refractivity contribution in [2.45, 2.75) is 25.9 Å². The molecule has 1 aromatic carbocycles. The third-order valence-electron chi connectivity index (χ3n) is 4.07. The third kappa shape index (κ3) is 3.06. The maximum atomic E-state index is 12.3. The Morgan fingerprint density at radius 1 is 1.26 bits per heavy atom. The van der Waals surface area contributed by atoms with Crippen molar-refractivity contribution in [1.29, 1.82) is 0 Å². The number of esters is 1. The fraction of sp³-hybridized carbons (Fsp3) is 0.294. The van der Waals surface area contributed by atoms with E-state index in [1.54, 1.807) is 29.2 Å². The predicted octanol–water partition coefficient (Wildman–Crippen LogP) is 1.98. The average Bonchev–Trinajstić information content (AvgIpc) is 3.19. The summed E-state index contributed by atoms with van der Waals surface area (Å²) in [6, 6.07) is 8.78. The van der Waals surface area contributed by atoms with E-state index in [0.717, 1.165) is 16.8 Å². The number of aromatic nitrogens is 1. The van der Waals surface area contributed by atoms with Gasteiger partial charge in [0.1, 0.15) is 11.4 Å². The van der Waals surface area contributed by atoms with E-state index in [-0.39, 0.29) is 11.7 Å². The molecule has 6 nitrogen and oxygen atoms in total. The van der Waals surface area contributed by atoms with Gasteiger partial charge in [0.25, 0.3) is 0 Å². The van der Waals surface area contributed by atoms with Gasteiger partial charge < -0.3 is 19.7 Å². The minimum atomic E-state index is -0.423. The number of phenols is 1. The molecule has 0 atom stereocenters. The van der Waals surface area contributed by atoms with Gasteiger partial charge in [-0.25, -0.2) is 4.79 Å². The molecule has 0 saturated heterocycles. The number of ether oxygens (including phenoxy) is 1.